The van der Waals surface area contributed by atoms with E-state index in [0.717, 1.165) is 24.3 Å². The van der Waals surface area contributed by atoms with Crippen LogP contribution >= 0.6 is 0 Å². The molecule has 0 bridgehead atoms. The first kappa shape index (κ1) is 16.3. The number of hydrogen-bond donors (Lipinski definition) is 2. The Morgan fingerprint density at radius 2 is 1.88 bits per heavy atom. The lowest BCUT2D eigenvalue weighted by molar-refractivity contribution is 0.122. The van der Waals surface area contributed by atoms with Crippen molar-refractivity contribution in [1.29, 1.82) is 0 Å². The molecule has 2 amide bonds. The molecule has 1 fully saturated rings. The van der Waals surface area contributed by atoms with Gasteiger partial charge in [-0.3, -0.25) is 0 Å². The largest absolute Gasteiger partial charge is 0.378 e. The molecule has 0 unspecified atom stereocenters. The monoisotopic (exact) mass is 329 g/mol. The fourth-order valence-electron chi connectivity index (χ4n) is 2.57. The van der Waals surface area contributed by atoms with Crippen LogP contribution in [-0.2, 0) is 11.3 Å². The maximum absolute atomic E-state index is 14.0. The van der Waals surface area contributed by atoms with Gasteiger partial charge in [0, 0.05) is 25.3 Å². The topological polar surface area (TPSA) is 53.6 Å². The van der Waals surface area contributed by atoms with Gasteiger partial charge in [0.2, 0.25) is 0 Å². The zero-order valence-corrected chi connectivity index (χ0v) is 13.3. The molecular weight excluding hydrogens is 309 g/mol. The number of rotatable bonds is 4. The Kier molecular flexibility index (Phi) is 5.28. The molecule has 24 heavy (non-hydrogen) atoms. The summed E-state index contributed by atoms with van der Waals surface area (Å²) in [6, 6.07) is 13.9. The Hall–Kier alpha value is -2.60. The number of halogens is 1. The number of ether oxygens (including phenoxy) is 1. The standard InChI is InChI=1S/C18H20FN3O2/c19-16-7-6-15(22-8-10-24-11-9-22)12-17(16)21-18(23)20-13-14-4-2-1-3-5-14/h1-7,12H,8-11,13H2,(H2,20,21,23). The first-order valence-electron chi connectivity index (χ1n) is 7.93. The van der Waals surface area contributed by atoms with Crippen LogP contribution in [0.3, 0.4) is 0 Å². The molecule has 0 radical (unpaired) electrons. The molecule has 6 heteroatoms. The number of anilines is 2. The lowest BCUT2D eigenvalue weighted by Gasteiger charge is -2.29. The minimum Gasteiger partial charge on any atom is -0.378 e. The van der Waals surface area contributed by atoms with Crippen LogP contribution < -0.4 is 15.5 Å². The van der Waals surface area contributed by atoms with E-state index in [-0.39, 0.29) is 5.69 Å². The molecule has 2 N–H and O–H groups in total. The van der Waals surface area contributed by atoms with E-state index < -0.39 is 11.8 Å². The highest BCUT2D eigenvalue weighted by molar-refractivity contribution is 5.90. The van der Waals surface area contributed by atoms with Gasteiger partial charge in [-0.25, -0.2) is 9.18 Å². The van der Waals surface area contributed by atoms with E-state index in [9.17, 15) is 9.18 Å². The summed E-state index contributed by atoms with van der Waals surface area (Å²) in [5, 5.41) is 5.30. The number of urea groups is 1. The van der Waals surface area contributed by atoms with Gasteiger partial charge in [-0.2, -0.15) is 0 Å². The van der Waals surface area contributed by atoms with E-state index in [0.29, 0.717) is 19.8 Å². The molecule has 0 saturated carbocycles. The van der Waals surface area contributed by atoms with Crippen LogP contribution in [0.15, 0.2) is 48.5 Å². The molecule has 1 heterocycles. The van der Waals surface area contributed by atoms with Crippen molar-refractivity contribution in [2.75, 3.05) is 36.5 Å². The number of carbonyl (C=O) groups excluding carboxylic acids is 1. The van der Waals surface area contributed by atoms with Crippen molar-refractivity contribution < 1.29 is 13.9 Å². The van der Waals surface area contributed by atoms with Gasteiger partial charge in [-0.1, -0.05) is 30.3 Å². The van der Waals surface area contributed by atoms with Crippen LogP contribution in [0, 0.1) is 5.82 Å². The lowest BCUT2D eigenvalue weighted by Crippen LogP contribution is -2.36. The van der Waals surface area contributed by atoms with Crippen LogP contribution in [0.1, 0.15) is 5.56 Å². The Balaban J connectivity index is 1.62. The summed E-state index contributed by atoms with van der Waals surface area (Å²) < 4.78 is 19.3. The second-order valence-electron chi connectivity index (χ2n) is 5.56. The van der Waals surface area contributed by atoms with Crippen LogP contribution in [0.25, 0.3) is 0 Å². The molecule has 1 saturated heterocycles. The van der Waals surface area contributed by atoms with Gasteiger partial charge < -0.3 is 20.3 Å². The van der Waals surface area contributed by atoms with Crippen molar-refractivity contribution >= 4 is 17.4 Å². The van der Waals surface area contributed by atoms with Crippen molar-refractivity contribution in [3.05, 3.63) is 59.9 Å². The average molecular weight is 329 g/mol. The van der Waals surface area contributed by atoms with E-state index >= 15 is 0 Å². The minimum atomic E-state index is -0.457. The highest BCUT2D eigenvalue weighted by atomic mass is 19.1. The second-order valence-corrected chi connectivity index (χ2v) is 5.56. The number of nitrogens with zero attached hydrogens (tertiary/aromatic N) is 1. The highest BCUT2D eigenvalue weighted by Gasteiger charge is 2.14. The van der Waals surface area contributed by atoms with Gasteiger partial charge in [-0.15, -0.1) is 0 Å². The quantitative estimate of drug-likeness (QED) is 0.907. The first-order valence-corrected chi connectivity index (χ1v) is 7.93. The van der Waals surface area contributed by atoms with E-state index in [1.54, 1.807) is 12.1 Å². The van der Waals surface area contributed by atoms with Crippen molar-refractivity contribution in [3.8, 4) is 0 Å². The number of carbonyl (C=O) groups is 1. The Morgan fingerprint density at radius 1 is 1.12 bits per heavy atom. The third-order valence-corrected chi connectivity index (χ3v) is 3.87. The highest BCUT2D eigenvalue weighted by Crippen LogP contribution is 2.23. The fraction of sp³-hybridized carbons (Fsp3) is 0.278. The molecule has 1 aliphatic heterocycles. The summed E-state index contributed by atoms with van der Waals surface area (Å²) in [6.45, 7) is 3.20. The van der Waals surface area contributed by atoms with Gasteiger partial charge in [0.1, 0.15) is 5.82 Å². The molecular formula is C18H20FN3O2. The summed E-state index contributed by atoms with van der Waals surface area (Å²) in [4.78, 5) is 14.1. The van der Waals surface area contributed by atoms with Gasteiger partial charge in [0.05, 0.1) is 18.9 Å². The second kappa shape index (κ2) is 7.79. The number of morpholine rings is 1. The molecule has 0 spiro atoms. The van der Waals surface area contributed by atoms with Crippen molar-refractivity contribution in [2.45, 2.75) is 6.54 Å². The Morgan fingerprint density at radius 3 is 2.62 bits per heavy atom. The summed E-state index contributed by atoms with van der Waals surface area (Å²) in [5.74, 6) is -0.457. The normalized spacial score (nSPS) is 14.3. The van der Waals surface area contributed by atoms with Gasteiger partial charge in [0.25, 0.3) is 0 Å². The summed E-state index contributed by atoms with van der Waals surface area (Å²) in [6.07, 6.45) is 0. The summed E-state index contributed by atoms with van der Waals surface area (Å²) in [7, 11) is 0. The van der Waals surface area contributed by atoms with E-state index in [1.807, 2.05) is 30.3 Å². The van der Waals surface area contributed by atoms with Gasteiger partial charge >= 0.3 is 6.03 Å². The number of benzene rings is 2. The predicted molar refractivity (Wildman–Crippen MR) is 91.7 cm³/mol. The Labute approximate surface area is 140 Å². The molecule has 3 rings (SSSR count). The molecule has 0 aliphatic carbocycles. The van der Waals surface area contributed by atoms with E-state index in [1.165, 1.54) is 6.07 Å². The summed E-state index contributed by atoms with van der Waals surface area (Å²) >= 11 is 0. The minimum absolute atomic E-state index is 0.171. The van der Waals surface area contributed by atoms with Crippen LogP contribution in [-0.4, -0.2) is 32.3 Å². The number of nitrogens with one attached hydrogen (secondary N) is 2. The molecule has 2 aromatic rings. The zero-order valence-electron chi connectivity index (χ0n) is 13.3. The fourth-order valence-corrected chi connectivity index (χ4v) is 2.57. The van der Waals surface area contributed by atoms with Crippen molar-refractivity contribution in [1.82, 2.24) is 5.32 Å². The molecule has 126 valence electrons. The van der Waals surface area contributed by atoms with Crippen molar-refractivity contribution in [2.24, 2.45) is 0 Å². The average Bonchev–Trinajstić information content (AvgIpc) is 2.63. The smallest absolute Gasteiger partial charge is 0.319 e. The maximum atomic E-state index is 14.0. The lowest BCUT2D eigenvalue weighted by atomic mass is 10.2. The SMILES string of the molecule is O=C(NCc1ccccc1)Nc1cc(N2CCOCC2)ccc1F. The third kappa shape index (κ3) is 4.23. The zero-order chi connectivity index (χ0) is 16.8. The van der Waals surface area contributed by atoms with Crippen LogP contribution in [0.4, 0.5) is 20.6 Å². The molecule has 5 nitrogen and oxygen atoms in total. The van der Waals surface area contributed by atoms with Crippen molar-refractivity contribution in [3.63, 3.8) is 0 Å². The van der Waals surface area contributed by atoms with Gasteiger partial charge in [0.15, 0.2) is 0 Å². The molecule has 0 atom stereocenters. The van der Waals surface area contributed by atoms with E-state index in [2.05, 4.69) is 15.5 Å². The molecule has 0 aromatic heterocycles. The van der Waals surface area contributed by atoms with E-state index in [4.69, 9.17) is 4.74 Å². The number of hydrogen-bond acceptors (Lipinski definition) is 3. The molecule has 2 aromatic carbocycles. The first-order chi connectivity index (χ1) is 11.7. The predicted octanol–water partition coefficient (Wildman–Crippen LogP) is 2.98. The molecule has 1 aliphatic rings. The van der Waals surface area contributed by atoms with Gasteiger partial charge in [-0.05, 0) is 23.8 Å². The maximum Gasteiger partial charge on any atom is 0.319 e. The van der Waals surface area contributed by atoms with Crippen LogP contribution in [0.2, 0.25) is 0 Å². The third-order valence-electron chi connectivity index (χ3n) is 3.87. The Bertz CT molecular complexity index is 688. The number of amides is 2. The van der Waals surface area contributed by atoms with Crippen LogP contribution in [0.5, 0.6) is 0 Å². The summed E-state index contributed by atoms with van der Waals surface area (Å²) in [5.41, 5.74) is 2.03.